The molecule has 2 unspecified atom stereocenters. The van der Waals surface area contributed by atoms with Crippen LogP contribution in [0.15, 0.2) is 0 Å². The van der Waals surface area contributed by atoms with Crippen LogP contribution < -0.4 is 5.73 Å². The summed E-state index contributed by atoms with van der Waals surface area (Å²) in [5.74, 6) is 0. The summed E-state index contributed by atoms with van der Waals surface area (Å²) < 4.78 is 12.1. The fourth-order valence-electron chi connectivity index (χ4n) is 0.959. The normalized spacial score (nSPS) is 42.0. The van der Waals surface area contributed by atoms with Crippen molar-refractivity contribution in [3.05, 3.63) is 0 Å². The lowest BCUT2D eigenvalue weighted by molar-refractivity contribution is 0.339. The fraction of sp³-hybridized carbons (Fsp3) is 1.00. The predicted molar refractivity (Wildman–Crippen MR) is 26.7 cm³/mol. The van der Waals surface area contributed by atoms with Gasteiger partial charge >= 0.3 is 0 Å². The van der Waals surface area contributed by atoms with Crippen LogP contribution in [0.1, 0.15) is 19.3 Å². The summed E-state index contributed by atoms with van der Waals surface area (Å²) in [6.07, 6.45) is 1.54. The molecule has 1 fully saturated rings. The van der Waals surface area contributed by atoms with Crippen molar-refractivity contribution in [3.63, 3.8) is 0 Å². The highest BCUT2D eigenvalue weighted by Gasteiger charge is 2.19. The van der Waals surface area contributed by atoms with E-state index in [9.17, 15) is 4.39 Å². The minimum Gasteiger partial charge on any atom is -0.328 e. The van der Waals surface area contributed by atoms with Gasteiger partial charge in [-0.15, -0.1) is 0 Å². The van der Waals surface area contributed by atoms with Gasteiger partial charge < -0.3 is 5.73 Å². The monoisotopic (exact) mass is 103 g/mol. The number of alkyl halides is 1. The second-order valence-corrected chi connectivity index (χ2v) is 2.17. The summed E-state index contributed by atoms with van der Waals surface area (Å²) in [6.45, 7) is 0. The van der Waals surface area contributed by atoms with E-state index in [-0.39, 0.29) is 6.04 Å². The van der Waals surface area contributed by atoms with Gasteiger partial charge in [-0.3, -0.25) is 0 Å². The molecule has 0 aromatic heterocycles. The molecule has 0 aliphatic heterocycles. The predicted octanol–water partition coefficient (Wildman–Crippen LogP) is 0.836. The Hall–Kier alpha value is -0.110. The Morgan fingerprint density at radius 3 is 2.29 bits per heavy atom. The van der Waals surface area contributed by atoms with Crippen molar-refractivity contribution in [1.82, 2.24) is 0 Å². The molecule has 0 amide bonds. The summed E-state index contributed by atoms with van der Waals surface area (Å²) in [6, 6.07) is 0.148. The number of rotatable bonds is 0. The number of hydrogen-bond donors (Lipinski definition) is 1. The number of hydrogen-bond acceptors (Lipinski definition) is 1. The van der Waals surface area contributed by atoms with E-state index >= 15 is 0 Å². The third kappa shape index (κ3) is 1.13. The first-order chi connectivity index (χ1) is 3.29. The molecule has 0 aromatic rings. The van der Waals surface area contributed by atoms with Gasteiger partial charge in [-0.25, -0.2) is 4.39 Å². The lowest BCUT2D eigenvalue weighted by Crippen LogP contribution is -2.14. The Balaban J connectivity index is 2.26. The van der Waals surface area contributed by atoms with Crippen LogP contribution in [0.5, 0.6) is 0 Å². The molecule has 1 aliphatic rings. The molecule has 0 aromatic carbocycles. The molecule has 2 N–H and O–H groups in total. The molecule has 1 rings (SSSR count). The molecule has 1 aliphatic carbocycles. The lowest BCUT2D eigenvalue weighted by Gasteiger charge is -1.94. The standard InChI is InChI=1S/C5H10FN/c6-4-1-2-5(7)3-4/h4-5H,1-3,7H2. The largest absolute Gasteiger partial charge is 0.328 e. The molecule has 0 heterocycles. The van der Waals surface area contributed by atoms with E-state index in [4.69, 9.17) is 5.73 Å². The molecule has 7 heavy (non-hydrogen) atoms. The van der Waals surface area contributed by atoms with Gasteiger partial charge in [0.15, 0.2) is 0 Å². The summed E-state index contributed by atoms with van der Waals surface area (Å²) in [5.41, 5.74) is 5.39. The van der Waals surface area contributed by atoms with Crippen molar-refractivity contribution in [2.45, 2.75) is 31.5 Å². The first kappa shape index (κ1) is 5.04. The summed E-state index contributed by atoms with van der Waals surface area (Å²) in [7, 11) is 0. The van der Waals surface area contributed by atoms with Gasteiger partial charge in [0.25, 0.3) is 0 Å². The van der Waals surface area contributed by atoms with Crippen molar-refractivity contribution in [2.24, 2.45) is 5.73 Å². The topological polar surface area (TPSA) is 26.0 Å². The summed E-state index contributed by atoms with van der Waals surface area (Å²) in [5, 5.41) is 0. The molecule has 42 valence electrons. The smallest absolute Gasteiger partial charge is 0.102 e. The van der Waals surface area contributed by atoms with Crippen LogP contribution in [0.3, 0.4) is 0 Å². The highest BCUT2D eigenvalue weighted by Crippen LogP contribution is 2.19. The molecule has 0 radical (unpaired) electrons. The molecule has 1 saturated carbocycles. The van der Waals surface area contributed by atoms with Crippen molar-refractivity contribution in [1.29, 1.82) is 0 Å². The van der Waals surface area contributed by atoms with E-state index in [0.717, 1.165) is 6.42 Å². The van der Waals surface area contributed by atoms with E-state index in [1.54, 1.807) is 0 Å². The van der Waals surface area contributed by atoms with Gasteiger partial charge in [0.05, 0.1) is 0 Å². The zero-order chi connectivity index (χ0) is 5.28. The maximum atomic E-state index is 12.1. The van der Waals surface area contributed by atoms with Crippen molar-refractivity contribution in [2.75, 3.05) is 0 Å². The fourth-order valence-corrected chi connectivity index (χ4v) is 0.959. The Morgan fingerprint density at radius 2 is 2.14 bits per heavy atom. The quantitative estimate of drug-likeness (QED) is 0.483. The zero-order valence-electron chi connectivity index (χ0n) is 4.23. The van der Waals surface area contributed by atoms with Crippen molar-refractivity contribution < 1.29 is 4.39 Å². The number of halogens is 1. The van der Waals surface area contributed by atoms with E-state index < -0.39 is 6.17 Å². The lowest BCUT2D eigenvalue weighted by atomic mass is 10.3. The minimum absolute atomic E-state index is 0.148. The molecule has 0 spiro atoms. The highest BCUT2D eigenvalue weighted by molar-refractivity contribution is 4.76. The van der Waals surface area contributed by atoms with E-state index in [1.807, 2.05) is 0 Å². The average molecular weight is 103 g/mol. The van der Waals surface area contributed by atoms with Gasteiger partial charge in [-0.05, 0) is 19.3 Å². The average Bonchev–Trinajstić information content (AvgIpc) is 1.87. The Labute approximate surface area is 42.7 Å². The Bertz CT molecular complexity index is 57.1. The molecule has 2 atom stereocenters. The van der Waals surface area contributed by atoms with Gasteiger partial charge in [0, 0.05) is 6.04 Å². The highest BCUT2D eigenvalue weighted by atomic mass is 19.1. The van der Waals surface area contributed by atoms with Crippen LogP contribution in [0, 0.1) is 0 Å². The van der Waals surface area contributed by atoms with Crippen LogP contribution in [0.2, 0.25) is 0 Å². The Morgan fingerprint density at radius 1 is 1.43 bits per heavy atom. The third-order valence-electron chi connectivity index (χ3n) is 1.41. The summed E-state index contributed by atoms with van der Waals surface area (Å²) in [4.78, 5) is 0. The van der Waals surface area contributed by atoms with Crippen LogP contribution in [0.25, 0.3) is 0 Å². The third-order valence-corrected chi connectivity index (χ3v) is 1.41. The second kappa shape index (κ2) is 1.78. The van der Waals surface area contributed by atoms with Crippen molar-refractivity contribution >= 4 is 0 Å². The Kier molecular flexibility index (Phi) is 1.28. The van der Waals surface area contributed by atoms with Gasteiger partial charge in [0.1, 0.15) is 6.17 Å². The first-order valence-electron chi connectivity index (χ1n) is 2.68. The summed E-state index contributed by atoms with van der Waals surface area (Å²) >= 11 is 0. The zero-order valence-corrected chi connectivity index (χ0v) is 4.23. The second-order valence-electron chi connectivity index (χ2n) is 2.17. The molecule has 0 bridgehead atoms. The molecule has 1 nitrogen and oxygen atoms in total. The van der Waals surface area contributed by atoms with Gasteiger partial charge in [0.2, 0.25) is 0 Å². The van der Waals surface area contributed by atoms with E-state index in [2.05, 4.69) is 0 Å². The van der Waals surface area contributed by atoms with Crippen LogP contribution >= 0.6 is 0 Å². The van der Waals surface area contributed by atoms with E-state index in [0.29, 0.717) is 12.8 Å². The number of nitrogens with two attached hydrogens (primary N) is 1. The molecule has 2 heteroatoms. The molecular formula is C5H10FN. The maximum Gasteiger partial charge on any atom is 0.102 e. The minimum atomic E-state index is -0.602. The maximum absolute atomic E-state index is 12.1. The van der Waals surface area contributed by atoms with Crippen molar-refractivity contribution in [3.8, 4) is 0 Å². The van der Waals surface area contributed by atoms with Crippen LogP contribution in [-0.4, -0.2) is 12.2 Å². The SMILES string of the molecule is NC1CCC(F)C1. The molecule has 0 saturated heterocycles. The molecular weight excluding hydrogens is 93.1 g/mol. The van der Waals surface area contributed by atoms with Gasteiger partial charge in [-0.2, -0.15) is 0 Å². The van der Waals surface area contributed by atoms with Crippen LogP contribution in [-0.2, 0) is 0 Å². The van der Waals surface area contributed by atoms with E-state index in [1.165, 1.54) is 0 Å². The van der Waals surface area contributed by atoms with Gasteiger partial charge in [-0.1, -0.05) is 0 Å². The first-order valence-corrected chi connectivity index (χ1v) is 2.68. The van der Waals surface area contributed by atoms with Crippen LogP contribution in [0.4, 0.5) is 4.39 Å².